The van der Waals surface area contributed by atoms with E-state index in [1.54, 1.807) is 0 Å². The van der Waals surface area contributed by atoms with Crippen molar-refractivity contribution in [3.05, 3.63) is 0 Å². The Hall–Kier alpha value is -1.18. The fourth-order valence-corrected chi connectivity index (χ4v) is 3.24. The Morgan fingerprint density at radius 3 is 1.93 bits per heavy atom. The topological polar surface area (TPSA) is 107 Å². The van der Waals surface area contributed by atoms with Gasteiger partial charge in [-0.1, -0.05) is 45.4 Å². The number of quaternary nitrogens is 1. The number of carboxylic acids is 1. The van der Waals surface area contributed by atoms with Crippen LogP contribution in [0.5, 0.6) is 0 Å². The van der Waals surface area contributed by atoms with Crippen molar-refractivity contribution in [1.82, 2.24) is 0 Å². The van der Waals surface area contributed by atoms with Crippen molar-refractivity contribution in [3.63, 3.8) is 0 Å². The number of rotatable bonds is 17. The van der Waals surface area contributed by atoms with Gasteiger partial charge in [-0.3, -0.25) is 4.79 Å². The maximum absolute atomic E-state index is 12.0. The second kappa shape index (κ2) is 14.8. The van der Waals surface area contributed by atoms with Crippen LogP contribution in [0.1, 0.15) is 77.6 Å². The molecule has 0 aromatic heterocycles. The number of carboxylic acid groups (broad SMARTS) is 1. The normalized spacial score (nSPS) is 15.1. The fraction of sp³-hybridized carbons (Fsp3) is 0.905. The van der Waals surface area contributed by atoms with Crippen LogP contribution >= 0.6 is 0 Å². The maximum Gasteiger partial charge on any atom is 0.308 e. The number of aliphatic carboxylic acids is 1. The molecular weight excluding hydrogens is 362 g/mol. The van der Waals surface area contributed by atoms with E-state index in [4.69, 9.17) is 4.74 Å². The number of aliphatic hydroxyl groups is 2. The Labute approximate surface area is 170 Å². The number of carbonyl (C=O) groups is 2. The molecule has 0 aliphatic heterocycles. The SMILES string of the molecule is CCCC(O)CCCCCCCC(O)CC(=O)OC(CC(=O)[O-])C[N+](C)(C)C. The molecule has 3 atom stereocenters. The van der Waals surface area contributed by atoms with E-state index in [2.05, 4.69) is 6.92 Å². The van der Waals surface area contributed by atoms with E-state index < -0.39 is 24.1 Å². The largest absolute Gasteiger partial charge is 0.550 e. The summed E-state index contributed by atoms with van der Waals surface area (Å²) >= 11 is 0. The summed E-state index contributed by atoms with van der Waals surface area (Å²) in [6, 6.07) is 0. The second-order valence-corrected chi connectivity index (χ2v) is 8.81. The Morgan fingerprint density at radius 2 is 1.43 bits per heavy atom. The second-order valence-electron chi connectivity index (χ2n) is 8.81. The van der Waals surface area contributed by atoms with Gasteiger partial charge >= 0.3 is 5.97 Å². The number of esters is 1. The van der Waals surface area contributed by atoms with Crippen molar-refractivity contribution < 1.29 is 34.1 Å². The van der Waals surface area contributed by atoms with E-state index in [1.165, 1.54) is 0 Å². The summed E-state index contributed by atoms with van der Waals surface area (Å²) < 4.78 is 5.71. The summed E-state index contributed by atoms with van der Waals surface area (Å²) in [5, 5.41) is 30.5. The van der Waals surface area contributed by atoms with Gasteiger partial charge in [0.1, 0.15) is 6.54 Å². The van der Waals surface area contributed by atoms with Crippen LogP contribution in [-0.2, 0) is 14.3 Å². The predicted octanol–water partition coefficient (Wildman–Crippen LogP) is 1.39. The third-order valence-electron chi connectivity index (χ3n) is 4.54. The first-order valence-electron chi connectivity index (χ1n) is 10.6. The molecule has 3 unspecified atom stereocenters. The highest BCUT2D eigenvalue weighted by molar-refractivity contribution is 5.71. The van der Waals surface area contributed by atoms with Crippen molar-refractivity contribution in [1.29, 1.82) is 0 Å². The smallest absolute Gasteiger partial charge is 0.308 e. The monoisotopic (exact) mass is 403 g/mol. The Kier molecular flexibility index (Phi) is 14.1. The standard InChI is InChI=1S/C21H41NO6/c1-5-11-17(23)12-9-7-6-8-10-13-18(24)14-21(27)28-19(15-20(25)26)16-22(2,3)4/h17-19,23-24H,5-16H2,1-4H3. The summed E-state index contributed by atoms with van der Waals surface area (Å²) in [6.45, 7) is 2.43. The molecule has 0 saturated heterocycles. The summed E-state index contributed by atoms with van der Waals surface area (Å²) in [5.41, 5.74) is 0. The van der Waals surface area contributed by atoms with Crippen molar-refractivity contribution in [3.8, 4) is 0 Å². The molecular formula is C21H41NO6. The van der Waals surface area contributed by atoms with Crippen LogP contribution < -0.4 is 5.11 Å². The van der Waals surface area contributed by atoms with Crippen molar-refractivity contribution in [2.45, 2.75) is 95.9 Å². The third kappa shape index (κ3) is 17.0. The van der Waals surface area contributed by atoms with Crippen LogP contribution in [0.2, 0.25) is 0 Å². The quantitative estimate of drug-likeness (QED) is 0.216. The molecule has 0 bridgehead atoms. The molecule has 0 saturated carbocycles. The average Bonchev–Trinajstić information content (AvgIpc) is 2.51. The molecule has 0 fully saturated rings. The lowest BCUT2D eigenvalue weighted by Gasteiger charge is -2.29. The van der Waals surface area contributed by atoms with E-state index in [1.807, 2.05) is 21.1 Å². The van der Waals surface area contributed by atoms with Crippen LogP contribution in [-0.4, -0.2) is 72.6 Å². The first-order valence-corrected chi connectivity index (χ1v) is 10.6. The van der Waals surface area contributed by atoms with E-state index >= 15 is 0 Å². The number of aliphatic hydroxyl groups excluding tert-OH is 2. The van der Waals surface area contributed by atoms with Gasteiger partial charge in [-0.05, 0) is 19.3 Å². The summed E-state index contributed by atoms with van der Waals surface area (Å²) in [6.07, 6.45) is 5.99. The van der Waals surface area contributed by atoms with Gasteiger partial charge in [0.05, 0.1) is 39.8 Å². The molecule has 0 aromatic rings. The molecule has 0 aromatic carbocycles. The molecule has 0 aliphatic carbocycles. The highest BCUT2D eigenvalue weighted by Crippen LogP contribution is 2.14. The molecule has 0 radical (unpaired) electrons. The number of nitrogens with zero attached hydrogens (tertiary/aromatic N) is 1. The molecule has 0 rings (SSSR count). The number of unbranched alkanes of at least 4 members (excludes halogenated alkanes) is 4. The van der Waals surface area contributed by atoms with Gasteiger partial charge in [-0.25, -0.2) is 0 Å². The Bertz CT molecular complexity index is 435. The van der Waals surface area contributed by atoms with Gasteiger partial charge in [0.2, 0.25) is 0 Å². The summed E-state index contributed by atoms with van der Waals surface area (Å²) in [5.74, 6) is -1.83. The van der Waals surface area contributed by atoms with Crippen LogP contribution in [0.25, 0.3) is 0 Å². The zero-order valence-electron chi connectivity index (χ0n) is 18.2. The molecule has 0 amide bonds. The van der Waals surface area contributed by atoms with E-state index in [0.717, 1.165) is 51.4 Å². The first-order chi connectivity index (χ1) is 13.0. The lowest BCUT2D eigenvalue weighted by Crippen LogP contribution is -2.45. The predicted molar refractivity (Wildman–Crippen MR) is 106 cm³/mol. The van der Waals surface area contributed by atoms with Gasteiger partial charge in [0.15, 0.2) is 6.10 Å². The zero-order valence-corrected chi connectivity index (χ0v) is 18.2. The fourth-order valence-electron chi connectivity index (χ4n) is 3.24. The minimum atomic E-state index is -1.26. The molecule has 0 aliphatic rings. The van der Waals surface area contributed by atoms with E-state index in [0.29, 0.717) is 17.4 Å². The molecule has 2 N–H and O–H groups in total. The van der Waals surface area contributed by atoms with E-state index in [9.17, 15) is 24.9 Å². The lowest BCUT2D eigenvalue weighted by atomic mass is 10.0. The molecule has 7 heteroatoms. The molecule has 166 valence electrons. The van der Waals surface area contributed by atoms with Crippen molar-refractivity contribution in [2.24, 2.45) is 0 Å². The third-order valence-corrected chi connectivity index (χ3v) is 4.54. The number of likely N-dealkylation sites (N-methyl/N-ethyl adjacent to an activating group) is 1. The van der Waals surface area contributed by atoms with Gasteiger partial charge in [-0.15, -0.1) is 0 Å². The number of hydrogen-bond donors (Lipinski definition) is 2. The minimum absolute atomic E-state index is 0.121. The molecule has 0 spiro atoms. The van der Waals surface area contributed by atoms with Gasteiger partial charge < -0.3 is 29.3 Å². The van der Waals surface area contributed by atoms with Crippen LogP contribution in [0.4, 0.5) is 0 Å². The summed E-state index contributed by atoms with van der Waals surface area (Å²) in [4.78, 5) is 22.8. The van der Waals surface area contributed by atoms with Crippen LogP contribution in [0.3, 0.4) is 0 Å². The number of ether oxygens (including phenoxy) is 1. The highest BCUT2D eigenvalue weighted by atomic mass is 16.5. The summed E-state index contributed by atoms with van der Waals surface area (Å²) in [7, 11) is 5.65. The van der Waals surface area contributed by atoms with Gasteiger partial charge in [0.25, 0.3) is 0 Å². The van der Waals surface area contributed by atoms with Gasteiger partial charge in [-0.2, -0.15) is 0 Å². The molecule has 0 heterocycles. The molecule has 7 nitrogen and oxygen atoms in total. The number of hydrogen-bond acceptors (Lipinski definition) is 6. The van der Waals surface area contributed by atoms with Crippen molar-refractivity contribution in [2.75, 3.05) is 27.7 Å². The lowest BCUT2D eigenvalue weighted by molar-refractivity contribution is -0.873. The Balaban J connectivity index is 3.96. The molecule has 28 heavy (non-hydrogen) atoms. The van der Waals surface area contributed by atoms with Gasteiger partial charge in [0, 0.05) is 12.4 Å². The first kappa shape index (κ1) is 26.8. The minimum Gasteiger partial charge on any atom is -0.550 e. The Morgan fingerprint density at radius 1 is 0.893 bits per heavy atom. The zero-order chi connectivity index (χ0) is 21.6. The van der Waals surface area contributed by atoms with E-state index in [-0.39, 0.29) is 18.9 Å². The van der Waals surface area contributed by atoms with Crippen molar-refractivity contribution >= 4 is 11.9 Å². The van der Waals surface area contributed by atoms with Crippen LogP contribution in [0, 0.1) is 0 Å². The van der Waals surface area contributed by atoms with Crippen LogP contribution in [0.15, 0.2) is 0 Å². The maximum atomic E-state index is 12.0. The number of carbonyl (C=O) groups excluding carboxylic acids is 2. The average molecular weight is 404 g/mol. The highest BCUT2D eigenvalue weighted by Gasteiger charge is 2.23.